The van der Waals surface area contributed by atoms with Crippen LogP contribution in [0.5, 0.6) is 0 Å². The van der Waals surface area contributed by atoms with Crippen LogP contribution in [0.2, 0.25) is 0 Å². The van der Waals surface area contributed by atoms with Gasteiger partial charge in [-0.05, 0) is 19.3 Å². The molecule has 1 fully saturated rings. The molecular formula is C13H18Cl2N2O2. The average molecular weight is 305 g/mol. The first-order chi connectivity index (χ1) is 9.11. The Hall–Kier alpha value is -0.740. The van der Waals surface area contributed by atoms with Gasteiger partial charge in [-0.1, -0.05) is 36.0 Å². The molecule has 2 amide bonds. The third-order valence-corrected chi connectivity index (χ3v) is 4.40. The van der Waals surface area contributed by atoms with Crippen LogP contribution in [0.1, 0.15) is 32.1 Å². The predicted octanol–water partition coefficient (Wildman–Crippen LogP) is 2.31. The molecule has 0 atom stereocenters. The lowest BCUT2D eigenvalue weighted by atomic mass is 10.1. The van der Waals surface area contributed by atoms with E-state index >= 15 is 0 Å². The number of carbonyl (C=O) groups is 2. The molecule has 0 unspecified atom stereocenters. The van der Waals surface area contributed by atoms with Gasteiger partial charge in [-0.3, -0.25) is 9.59 Å². The van der Waals surface area contributed by atoms with Gasteiger partial charge in [0.1, 0.15) is 10.1 Å². The van der Waals surface area contributed by atoms with E-state index in [-0.39, 0.29) is 21.9 Å². The summed E-state index contributed by atoms with van der Waals surface area (Å²) in [4.78, 5) is 27.8. The van der Waals surface area contributed by atoms with E-state index in [9.17, 15) is 9.59 Å². The second-order valence-corrected chi connectivity index (χ2v) is 5.74. The van der Waals surface area contributed by atoms with Gasteiger partial charge >= 0.3 is 0 Å². The van der Waals surface area contributed by atoms with E-state index in [1.807, 2.05) is 0 Å². The number of nitrogens with zero attached hydrogens (tertiary/aromatic N) is 2. The third kappa shape index (κ3) is 3.42. The first-order valence-electron chi connectivity index (χ1n) is 6.75. The number of halogens is 2. The quantitative estimate of drug-likeness (QED) is 0.689. The van der Waals surface area contributed by atoms with E-state index in [0.717, 1.165) is 32.1 Å². The highest BCUT2D eigenvalue weighted by atomic mass is 35.5. The Labute approximate surface area is 123 Å². The van der Waals surface area contributed by atoms with Gasteiger partial charge in [0.05, 0.1) is 0 Å². The van der Waals surface area contributed by atoms with Crippen molar-refractivity contribution < 1.29 is 9.59 Å². The highest BCUT2D eigenvalue weighted by Gasteiger charge is 2.28. The zero-order valence-electron chi connectivity index (χ0n) is 10.8. The normalized spacial score (nSPS) is 27.1. The van der Waals surface area contributed by atoms with Crippen molar-refractivity contribution >= 4 is 35.0 Å². The first-order valence-corrected chi connectivity index (χ1v) is 7.50. The number of carbonyl (C=O) groups excluding carboxylic acids is 2. The second kappa shape index (κ2) is 6.62. The zero-order valence-corrected chi connectivity index (χ0v) is 12.3. The number of hydrogen-bond donors (Lipinski definition) is 0. The maximum atomic E-state index is 12.2. The van der Waals surface area contributed by atoms with Crippen LogP contribution < -0.4 is 0 Å². The molecule has 2 rings (SSSR count). The minimum absolute atomic E-state index is 0.140. The van der Waals surface area contributed by atoms with Gasteiger partial charge in [0.15, 0.2) is 0 Å². The summed E-state index contributed by atoms with van der Waals surface area (Å²) in [5.74, 6) is -0.634. The minimum atomic E-state index is -0.317. The lowest BCUT2D eigenvalue weighted by molar-refractivity contribution is -0.128. The van der Waals surface area contributed by atoms with Gasteiger partial charge in [0.2, 0.25) is 0 Å². The van der Waals surface area contributed by atoms with E-state index in [4.69, 9.17) is 23.2 Å². The molecule has 2 heterocycles. The van der Waals surface area contributed by atoms with Crippen LogP contribution in [0.4, 0.5) is 0 Å². The summed E-state index contributed by atoms with van der Waals surface area (Å²) in [6.45, 7) is 2.63. The Morgan fingerprint density at radius 2 is 1.00 bits per heavy atom. The lowest BCUT2D eigenvalue weighted by Gasteiger charge is -2.22. The van der Waals surface area contributed by atoms with Crippen molar-refractivity contribution in [3.8, 4) is 0 Å². The van der Waals surface area contributed by atoms with Crippen molar-refractivity contribution in [3.63, 3.8) is 0 Å². The fourth-order valence-electron chi connectivity index (χ4n) is 2.51. The van der Waals surface area contributed by atoms with Crippen LogP contribution in [0.25, 0.3) is 0 Å². The lowest BCUT2D eigenvalue weighted by Crippen LogP contribution is -2.34. The summed E-state index contributed by atoms with van der Waals surface area (Å²) in [7, 11) is 0. The fraction of sp³-hybridized carbons (Fsp3) is 0.692. The van der Waals surface area contributed by atoms with Gasteiger partial charge in [-0.15, -0.1) is 0 Å². The molecule has 2 aliphatic heterocycles. The van der Waals surface area contributed by atoms with Gasteiger partial charge in [-0.2, -0.15) is 0 Å². The number of hydrogen-bond acceptors (Lipinski definition) is 2. The molecule has 0 spiro atoms. The van der Waals surface area contributed by atoms with E-state index in [1.165, 1.54) is 0 Å². The summed E-state index contributed by atoms with van der Waals surface area (Å²) < 4.78 is 0. The Balaban J connectivity index is 2.35. The number of fused-ring (bicyclic) bond motifs is 4. The van der Waals surface area contributed by atoms with Crippen molar-refractivity contribution in [2.24, 2.45) is 0 Å². The predicted molar refractivity (Wildman–Crippen MR) is 75.0 cm³/mol. The highest BCUT2D eigenvalue weighted by Crippen LogP contribution is 2.23. The minimum Gasteiger partial charge on any atom is -0.338 e. The molecule has 0 aromatic heterocycles. The zero-order chi connectivity index (χ0) is 13.8. The molecule has 0 aromatic carbocycles. The standard InChI is InChI=1S/C13H18Cl2N2O2/c14-10-11(15)13(19)17-7-4-2-1-3-6-16(12(10)18)8-5-9-17/h1-9H2/b11-10-. The van der Waals surface area contributed by atoms with Gasteiger partial charge < -0.3 is 9.80 Å². The van der Waals surface area contributed by atoms with Crippen molar-refractivity contribution in [2.75, 3.05) is 26.2 Å². The molecule has 0 radical (unpaired) electrons. The molecule has 2 aliphatic rings. The van der Waals surface area contributed by atoms with Crippen molar-refractivity contribution in [1.29, 1.82) is 0 Å². The van der Waals surface area contributed by atoms with Crippen LogP contribution >= 0.6 is 23.2 Å². The molecule has 6 heteroatoms. The summed E-state index contributed by atoms with van der Waals surface area (Å²) >= 11 is 12.0. The summed E-state index contributed by atoms with van der Waals surface area (Å²) in [6, 6.07) is 0. The van der Waals surface area contributed by atoms with E-state index < -0.39 is 0 Å². The van der Waals surface area contributed by atoms with Crippen molar-refractivity contribution in [3.05, 3.63) is 10.1 Å². The molecule has 0 aliphatic carbocycles. The Bertz CT molecular complexity index is 373. The van der Waals surface area contributed by atoms with Crippen LogP contribution in [0.3, 0.4) is 0 Å². The van der Waals surface area contributed by atoms with Crippen molar-refractivity contribution in [1.82, 2.24) is 9.80 Å². The van der Waals surface area contributed by atoms with Gasteiger partial charge in [0.25, 0.3) is 11.8 Å². The maximum absolute atomic E-state index is 12.2. The molecule has 4 nitrogen and oxygen atoms in total. The second-order valence-electron chi connectivity index (χ2n) is 4.98. The Kier molecular flexibility index (Phi) is 5.11. The van der Waals surface area contributed by atoms with Crippen LogP contribution in [-0.2, 0) is 9.59 Å². The third-order valence-electron chi connectivity index (χ3n) is 3.60. The largest absolute Gasteiger partial charge is 0.338 e. The van der Waals surface area contributed by atoms with Crippen LogP contribution in [0, 0.1) is 0 Å². The first kappa shape index (κ1) is 14.7. The molecule has 0 N–H and O–H groups in total. The molecule has 19 heavy (non-hydrogen) atoms. The SMILES string of the molecule is O=C1/C(Cl)=C(/Cl)C(=O)N2CCCCCCN1CCC2. The number of rotatable bonds is 0. The summed E-state index contributed by atoms with van der Waals surface area (Å²) in [5, 5.41) is -0.279. The molecule has 0 saturated carbocycles. The Morgan fingerprint density at radius 1 is 0.632 bits per heavy atom. The fourth-order valence-corrected chi connectivity index (χ4v) is 2.91. The smallest absolute Gasteiger partial charge is 0.267 e. The molecule has 2 bridgehead atoms. The van der Waals surface area contributed by atoms with Gasteiger partial charge in [0, 0.05) is 26.2 Å². The molecule has 106 valence electrons. The van der Waals surface area contributed by atoms with E-state index in [0.29, 0.717) is 26.2 Å². The van der Waals surface area contributed by atoms with E-state index in [2.05, 4.69) is 0 Å². The van der Waals surface area contributed by atoms with Crippen LogP contribution in [-0.4, -0.2) is 47.8 Å². The highest BCUT2D eigenvalue weighted by molar-refractivity contribution is 6.53. The molecular weight excluding hydrogens is 287 g/mol. The maximum Gasteiger partial charge on any atom is 0.267 e. The molecule has 1 saturated heterocycles. The summed E-state index contributed by atoms with van der Waals surface area (Å²) in [6.07, 6.45) is 4.86. The van der Waals surface area contributed by atoms with Crippen molar-refractivity contribution in [2.45, 2.75) is 32.1 Å². The van der Waals surface area contributed by atoms with Crippen LogP contribution in [0.15, 0.2) is 10.1 Å². The topological polar surface area (TPSA) is 40.6 Å². The Morgan fingerprint density at radius 3 is 1.42 bits per heavy atom. The summed E-state index contributed by atoms with van der Waals surface area (Å²) in [5.41, 5.74) is 0. The average Bonchev–Trinajstić information content (AvgIpc) is 2.47. The van der Waals surface area contributed by atoms with E-state index in [1.54, 1.807) is 9.80 Å². The molecule has 0 aromatic rings. The monoisotopic (exact) mass is 304 g/mol. The number of amides is 2. The van der Waals surface area contributed by atoms with Gasteiger partial charge in [-0.25, -0.2) is 0 Å².